The molecule has 3 heteroatoms. The summed E-state index contributed by atoms with van der Waals surface area (Å²) in [5, 5.41) is 5.51. The molecule has 0 radical (unpaired) electrons. The molecule has 0 saturated heterocycles. The monoisotopic (exact) mass is 170 g/mol. The van der Waals surface area contributed by atoms with Crippen molar-refractivity contribution in [1.29, 1.82) is 0 Å². The first-order valence-electron chi connectivity index (χ1n) is 4.12. The maximum atomic E-state index is 11.1. The molecule has 70 valence electrons. The summed E-state index contributed by atoms with van der Waals surface area (Å²) in [7, 11) is 0. The Kier molecular flexibility index (Phi) is 4.40. The van der Waals surface area contributed by atoms with Gasteiger partial charge in [-0.3, -0.25) is 0 Å². The van der Waals surface area contributed by atoms with Crippen molar-refractivity contribution in [3.63, 3.8) is 0 Å². The summed E-state index contributed by atoms with van der Waals surface area (Å²) in [4.78, 5) is 11.1. The number of carbonyl (C=O) groups is 1. The standard InChI is InChI=1S/C9H18N2O/c1-5-6-7-10-8(12)11-9(2,3)4/h5H,1,6-7H2,2-4H3,(H2,10,11,12). The number of amides is 2. The second kappa shape index (κ2) is 4.80. The summed E-state index contributed by atoms with van der Waals surface area (Å²) in [5.74, 6) is 0. The van der Waals surface area contributed by atoms with Crippen molar-refractivity contribution in [3.8, 4) is 0 Å². The van der Waals surface area contributed by atoms with E-state index in [1.165, 1.54) is 0 Å². The van der Waals surface area contributed by atoms with Gasteiger partial charge in [0.15, 0.2) is 0 Å². The van der Waals surface area contributed by atoms with Crippen molar-refractivity contribution in [1.82, 2.24) is 10.6 Å². The number of carbonyl (C=O) groups excluding carboxylic acids is 1. The summed E-state index contributed by atoms with van der Waals surface area (Å²) in [6.07, 6.45) is 2.58. The predicted molar refractivity (Wildman–Crippen MR) is 51.1 cm³/mol. The van der Waals surface area contributed by atoms with Crippen molar-refractivity contribution >= 4 is 6.03 Å². The summed E-state index contributed by atoms with van der Waals surface area (Å²) in [5.41, 5.74) is -0.168. The van der Waals surface area contributed by atoms with Crippen LogP contribution >= 0.6 is 0 Å². The lowest BCUT2D eigenvalue weighted by molar-refractivity contribution is 0.232. The third-order valence-electron chi connectivity index (χ3n) is 1.12. The fraction of sp³-hybridized carbons (Fsp3) is 0.667. The molecule has 0 aromatic heterocycles. The second-order valence-electron chi connectivity index (χ2n) is 3.71. The molecule has 0 atom stereocenters. The van der Waals surface area contributed by atoms with Crippen molar-refractivity contribution in [2.45, 2.75) is 32.7 Å². The van der Waals surface area contributed by atoms with Crippen molar-refractivity contribution in [2.24, 2.45) is 0 Å². The minimum absolute atomic E-state index is 0.121. The largest absolute Gasteiger partial charge is 0.338 e. The van der Waals surface area contributed by atoms with Crippen LogP contribution in [0.5, 0.6) is 0 Å². The highest BCUT2D eigenvalue weighted by molar-refractivity contribution is 5.74. The molecule has 3 nitrogen and oxygen atoms in total. The summed E-state index contributed by atoms with van der Waals surface area (Å²) >= 11 is 0. The Morgan fingerprint density at radius 2 is 2.08 bits per heavy atom. The highest BCUT2D eigenvalue weighted by Gasteiger charge is 2.12. The first-order valence-corrected chi connectivity index (χ1v) is 4.12. The molecule has 0 fully saturated rings. The number of urea groups is 1. The van der Waals surface area contributed by atoms with Crippen molar-refractivity contribution < 1.29 is 4.79 Å². The van der Waals surface area contributed by atoms with Crippen molar-refractivity contribution in [3.05, 3.63) is 12.7 Å². The zero-order chi connectivity index (χ0) is 9.61. The van der Waals surface area contributed by atoms with E-state index in [1.807, 2.05) is 20.8 Å². The third-order valence-corrected chi connectivity index (χ3v) is 1.12. The van der Waals surface area contributed by atoms with Gasteiger partial charge in [-0.1, -0.05) is 6.08 Å². The number of nitrogens with one attached hydrogen (secondary N) is 2. The van der Waals surface area contributed by atoms with E-state index in [0.29, 0.717) is 6.54 Å². The molecule has 0 aromatic rings. The lowest BCUT2D eigenvalue weighted by Crippen LogP contribution is -2.46. The van der Waals surface area contributed by atoms with E-state index >= 15 is 0 Å². The summed E-state index contributed by atoms with van der Waals surface area (Å²) in [6.45, 7) is 10.0. The number of hydrogen-bond donors (Lipinski definition) is 2. The summed E-state index contributed by atoms with van der Waals surface area (Å²) < 4.78 is 0. The van der Waals surface area contributed by atoms with Crippen LogP contribution in [0.4, 0.5) is 4.79 Å². The molecule has 0 aliphatic heterocycles. The van der Waals surface area contributed by atoms with E-state index in [1.54, 1.807) is 6.08 Å². The number of rotatable bonds is 3. The lowest BCUT2D eigenvalue weighted by atomic mass is 10.1. The van der Waals surface area contributed by atoms with E-state index < -0.39 is 0 Å². The molecule has 0 heterocycles. The van der Waals surface area contributed by atoms with Crippen LogP contribution in [0.15, 0.2) is 12.7 Å². The van der Waals surface area contributed by atoms with E-state index in [4.69, 9.17) is 0 Å². The zero-order valence-electron chi connectivity index (χ0n) is 8.11. The number of hydrogen-bond acceptors (Lipinski definition) is 1. The Balaban J connectivity index is 3.53. The predicted octanol–water partition coefficient (Wildman–Crippen LogP) is 1.66. The first kappa shape index (κ1) is 11.0. The highest BCUT2D eigenvalue weighted by atomic mass is 16.2. The quantitative estimate of drug-likeness (QED) is 0.491. The van der Waals surface area contributed by atoms with Crippen LogP contribution in [0.3, 0.4) is 0 Å². The van der Waals surface area contributed by atoms with E-state index in [2.05, 4.69) is 17.2 Å². The van der Waals surface area contributed by atoms with Gasteiger partial charge in [0.05, 0.1) is 0 Å². The van der Waals surface area contributed by atoms with Gasteiger partial charge >= 0.3 is 6.03 Å². The first-order chi connectivity index (χ1) is 5.45. The topological polar surface area (TPSA) is 41.1 Å². The normalized spacial score (nSPS) is 10.6. The molecule has 0 bridgehead atoms. The van der Waals surface area contributed by atoms with Crippen molar-refractivity contribution in [2.75, 3.05) is 6.54 Å². The average Bonchev–Trinajstić information content (AvgIpc) is 1.84. The molecule has 12 heavy (non-hydrogen) atoms. The van der Waals surface area contributed by atoms with Crippen LogP contribution in [-0.4, -0.2) is 18.1 Å². The van der Waals surface area contributed by atoms with Gasteiger partial charge in [0.1, 0.15) is 0 Å². The Morgan fingerprint density at radius 1 is 1.50 bits per heavy atom. The van der Waals surface area contributed by atoms with Gasteiger partial charge in [0.25, 0.3) is 0 Å². The Bertz CT molecular complexity index is 158. The Morgan fingerprint density at radius 3 is 2.50 bits per heavy atom. The molecular formula is C9H18N2O. The van der Waals surface area contributed by atoms with Gasteiger partial charge in [-0.05, 0) is 27.2 Å². The van der Waals surface area contributed by atoms with Gasteiger partial charge in [0, 0.05) is 12.1 Å². The van der Waals surface area contributed by atoms with Crippen LogP contribution in [0.2, 0.25) is 0 Å². The maximum absolute atomic E-state index is 11.1. The van der Waals surface area contributed by atoms with Crippen LogP contribution in [0.25, 0.3) is 0 Å². The van der Waals surface area contributed by atoms with Crippen LogP contribution in [-0.2, 0) is 0 Å². The molecule has 2 amide bonds. The van der Waals surface area contributed by atoms with Gasteiger partial charge in [-0.15, -0.1) is 6.58 Å². The smallest absolute Gasteiger partial charge is 0.315 e. The van der Waals surface area contributed by atoms with Gasteiger partial charge in [-0.25, -0.2) is 4.79 Å². The minimum Gasteiger partial charge on any atom is -0.338 e. The molecule has 2 N–H and O–H groups in total. The van der Waals surface area contributed by atoms with Gasteiger partial charge in [0.2, 0.25) is 0 Å². The van der Waals surface area contributed by atoms with E-state index in [0.717, 1.165) is 6.42 Å². The molecule has 0 saturated carbocycles. The molecule has 0 aromatic carbocycles. The third kappa shape index (κ3) is 7.12. The molecule has 0 unspecified atom stereocenters. The summed E-state index contributed by atoms with van der Waals surface area (Å²) in [6, 6.07) is -0.121. The van der Waals surface area contributed by atoms with Gasteiger partial charge in [-0.2, -0.15) is 0 Å². The molecule has 0 rings (SSSR count). The molecule has 0 aliphatic carbocycles. The van der Waals surface area contributed by atoms with E-state index in [-0.39, 0.29) is 11.6 Å². The van der Waals surface area contributed by atoms with Crippen LogP contribution < -0.4 is 10.6 Å². The second-order valence-corrected chi connectivity index (χ2v) is 3.71. The average molecular weight is 170 g/mol. The Labute approximate surface area is 74.2 Å². The van der Waals surface area contributed by atoms with E-state index in [9.17, 15) is 4.79 Å². The lowest BCUT2D eigenvalue weighted by Gasteiger charge is -2.20. The molecule has 0 spiro atoms. The SMILES string of the molecule is C=CCCNC(=O)NC(C)(C)C. The molecular weight excluding hydrogens is 152 g/mol. The highest BCUT2D eigenvalue weighted by Crippen LogP contribution is 1.97. The molecule has 0 aliphatic rings. The van der Waals surface area contributed by atoms with Crippen LogP contribution in [0, 0.1) is 0 Å². The zero-order valence-corrected chi connectivity index (χ0v) is 8.11. The fourth-order valence-electron chi connectivity index (χ4n) is 0.673. The maximum Gasteiger partial charge on any atom is 0.315 e. The minimum atomic E-state index is -0.168. The fourth-order valence-corrected chi connectivity index (χ4v) is 0.673. The Hall–Kier alpha value is -0.990. The van der Waals surface area contributed by atoms with Gasteiger partial charge < -0.3 is 10.6 Å². The van der Waals surface area contributed by atoms with Crippen LogP contribution in [0.1, 0.15) is 27.2 Å².